The molecule has 1 aromatic rings. The SMILES string of the molecule is CCCC(C)CC(NC)c1cc(Cl)cc(Cl)c1. The van der Waals surface area contributed by atoms with Crippen LogP contribution in [0.25, 0.3) is 0 Å². The van der Waals surface area contributed by atoms with Gasteiger partial charge < -0.3 is 5.32 Å². The number of halogens is 2. The molecule has 0 saturated carbocycles. The Labute approximate surface area is 115 Å². The molecule has 0 spiro atoms. The molecule has 2 unspecified atom stereocenters. The smallest absolute Gasteiger partial charge is 0.0424 e. The Hall–Kier alpha value is -0.240. The second-order valence-electron chi connectivity index (χ2n) is 4.67. The van der Waals surface area contributed by atoms with Gasteiger partial charge in [-0.3, -0.25) is 0 Å². The molecule has 0 fully saturated rings. The summed E-state index contributed by atoms with van der Waals surface area (Å²) in [5.41, 5.74) is 1.17. The van der Waals surface area contributed by atoms with E-state index < -0.39 is 0 Å². The average Bonchev–Trinajstić information content (AvgIpc) is 2.24. The van der Waals surface area contributed by atoms with Gasteiger partial charge in [0, 0.05) is 16.1 Å². The van der Waals surface area contributed by atoms with Crippen molar-refractivity contribution in [1.29, 1.82) is 0 Å². The Bertz CT molecular complexity index is 332. The van der Waals surface area contributed by atoms with Crippen molar-refractivity contribution in [2.24, 2.45) is 5.92 Å². The second-order valence-corrected chi connectivity index (χ2v) is 5.55. The van der Waals surface area contributed by atoms with E-state index in [0.29, 0.717) is 22.0 Å². The minimum atomic E-state index is 0.327. The summed E-state index contributed by atoms with van der Waals surface area (Å²) in [5, 5.41) is 4.75. The van der Waals surface area contributed by atoms with Crippen LogP contribution in [0.3, 0.4) is 0 Å². The van der Waals surface area contributed by atoms with Gasteiger partial charge in [0.1, 0.15) is 0 Å². The highest BCUT2D eigenvalue weighted by Crippen LogP contribution is 2.28. The predicted molar refractivity (Wildman–Crippen MR) is 77.0 cm³/mol. The molecule has 0 heterocycles. The molecule has 0 radical (unpaired) electrons. The van der Waals surface area contributed by atoms with Crippen LogP contribution in [0.1, 0.15) is 44.7 Å². The maximum atomic E-state index is 6.04. The van der Waals surface area contributed by atoms with Crippen LogP contribution in [0.4, 0.5) is 0 Å². The van der Waals surface area contributed by atoms with Gasteiger partial charge in [0.25, 0.3) is 0 Å². The Morgan fingerprint density at radius 2 is 1.76 bits per heavy atom. The van der Waals surface area contributed by atoms with Crippen molar-refractivity contribution in [2.75, 3.05) is 7.05 Å². The molecule has 0 aliphatic heterocycles. The molecule has 0 saturated heterocycles. The molecule has 1 rings (SSSR count). The zero-order chi connectivity index (χ0) is 12.8. The van der Waals surface area contributed by atoms with E-state index in [1.807, 2.05) is 19.2 Å². The Morgan fingerprint density at radius 1 is 1.18 bits per heavy atom. The molecule has 2 atom stereocenters. The van der Waals surface area contributed by atoms with Gasteiger partial charge in [-0.1, -0.05) is 49.9 Å². The zero-order valence-corrected chi connectivity index (χ0v) is 12.3. The highest BCUT2D eigenvalue weighted by atomic mass is 35.5. The molecule has 0 aromatic heterocycles. The van der Waals surface area contributed by atoms with Crippen molar-refractivity contribution in [3.8, 4) is 0 Å². The van der Waals surface area contributed by atoms with E-state index in [1.54, 1.807) is 6.07 Å². The summed E-state index contributed by atoms with van der Waals surface area (Å²) in [5.74, 6) is 0.704. The van der Waals surface area contributed by atoms with Gasteiger partial charge in [-0.15, -0.1) is 0 Å². The summed E-state index contributed by atoms with van der Waals surface area (Å²) in [6, 6.07) is 6.09. The van der Waals surface area contributed by atoms with Crippen LogP contribution >= 0.6 is 23.2 Å². The van der Waals surface area contributed by atoms with E-state index in [1.165, 1.54) is 18.4 Å². The monoisotopic (exact) mass is 273 g/mol. The maximum absolute atomic E-state index is 6.04. The summed E-state index contributed by atoms with van der Waals surface area (Å²) in [6.45, 7) is 4.52. The molecule has 0 aliphatic rings. The molecule has 1 nitrogen and oxygen atoms in total. The van der Waals surface area contributed by atoms with Gasteiger partial charge in [0.15, 0.2) is 0 Å². The number of hydrogen-bond acceptors (Lipinski definition) is 1. The predicted octanol–water partition coefficient (Wildman–Crippen LogP) is 5.08. The first kappa shape index (κ1) is 14.8. The van der Waals surface area contributed by atoms with E-state index in [9.17, 15) is 0 Å². The topological polar surface area (TPSA) is 12.0 Å². The summed E-state index contributed by atoms with van der Waals surface area (Å²) in [6.07, 6.45) is 3.60. The largest absolute Gasteiger partial charge is 0.313 e. The van der Waals surface area contributed by atoms with Gasteiger partial charge in [-0.25, -0.2) is 0 Å². The first-order valence-corrected chi connectivity index (χ1v) is 6.95. The molecule has 1 N–H and O–H groups in total. The minimum Gasteiger partial charge on any atom is -0.313 e. The number of nitrogens with one attached hydrogen (secondary N) is 1. The standard InChI is InChI=1S/C14H21Cl2N/c1-4-5-10(2)6-14(17-3)11-7-12(15)9-13(16)8-11/h7-10,14,17H,4-6H2,1-3H3. The molecule has 0 bridgehead atoms. The molecule has 0 amide bonds. The molecule has 1 aromatic carbocycles. The van der Waals surface area contributed by atoms with Crippen molar-refractivity contribution in [2.45, 2.75) is 39.2 Å². The van der Waals surface area contributed by atoms with Gasteiger partial charge in [-0.05, 0) is 43.1 Å². The van der Waals surface area contributed by atoms with Crippen LogP contribution in [0.15, 0.2) is 18.2 Å². The van der Waals surface area contributed by atoms with Crippen LogP contribution < -0.4 is 5.32 Å². The molecule has 3 heteroatoms. The van der Waals surface area contributed by atoms with E-state index >= 15 is 0 Å². The van der Waals surface area contributed by atoms with E-state index in [4.69, 9.17) is 23.2 Å². The van der Waals surface area contributed by atoms with Crippen molar-refractivity contribution in [3.05, 3.63) is 33.8 Å². The van der Waals surface area contributed by atoms with Crippen molar-refractivity contribution in [3.63, 3.8) is 0 Å². The van der Waals surface area contributed by atoms with Crippen molar-refractivity contribution >= 4 is 23.2 Å². The Kier molecular flexibility index (Phi) is 6.32. The summed E-state index contributed by atoms with van der Waals surface area (Å²) in [7, 11) is 1.98. The van der Waals surface area contributed by atoms with Gasteiger partial charge in [0.05, 0.1) is 0 Å². The lowest BCUT2D eigenvalue weighted by atomic mass is 9.93. The van der Waals surface area contributed by atoms with E-state index in [-0.39, 0.29) is 0 Å². The zero-order valence-electron chi connectivity index (χ0n) is 10.8. The minimum absolute atomic E-state index is 0.327. The third-order valence-corrected chi connectivity index (χ3v) is 3.49. The third kappa shape index (κ3) is 4.87. The second kappa shape index (κ2) is 7.25. The van der Waals surface area contributed by atoms with Crippen LogP contribution in [0.2, 0.25) is 10.0 Å². The summed E-state index contributed by atoms with van der Waals surface area (Å²) in [4.78, 5) is 0. The summed E-state index contributed by atoms with van der Waals surface area (Å²) < 4.78 is 0. The van der Waals surface area contributed by atoms with Gasteiger partial charge in [0.2, 0.25) is 0 Å². The van der Waals surface area contributed by atoms with Crippen molar-refractivity contribution < 1.29 is 0 Å². The molecular weight excluding hydrogens is 253 g/mol. The third-order valence-electron chi connectivity index (χ3n) is 3.06. The van der Waals surface area contributed by atoms with Crippen LogP contribution in [-0.2, 0) is 0 Å². The van der Waals surface area contributed by atoms with Crippen LogP contribution in [0.5, 0.6) is 0 Å². The quantitative estimate of drug-likeness (QED) is 0.762. The fourth-order valence-corrected chi connectivity index (χ4v) is 2.75. The average molecular weight is 274 g/mol. The van der Waals surface area contributed by atoms with Gasteiger partial charge in [-0.2, -0.15) is 0 Å². The van der Waals surface area contributed by atoms with Gasteiger partial charge >= 0.3 is 0 Å². The lowest BCUT2D eigenvalue weighted by Crippen LogP contribution is -2.19. The molecule has 17 heavy (non-hydrogen) atoms. The fourth-order valence-electron chi connectivity index (χ4n) is 2.21. The fraction of sp³-hybridized carbons (Fsp3) is 0.571. The van der Waals surface area contributed by atoms with E-state index in [0.717, 1.165) is 6.42 Å². The summed E-state index contributed by atoms with van der Waals surface area (Å²) >= 11 is 12.1. The first-order chi connectivity index (χ1) is 8.06. The normalized spacial score (nSPS) is 14.6. The molecule has 96 valence electrons. The Morgan fingerprint density at radius 3 is 2.24 bits per heavy atom. The molecular formula is C14H21Cl2N. The highest BCUT2D eigenvalue weighted by Gasteiger charge is 2.14. The van der Waals surface area contributed by atoms with E-state index in [2.05, 4.69) is 19.2 Å². The van der Waals surface area contributed by atoms with Crippen LogP contribution in [0, 0.1) is 5.92 Å². The highest BCUT2D eigenvalue weighted by molar-refractivity contribution is 6.34. The number of benzene rings is 1. The lowest BCUT2D eigenvalue weighted by molar-refractivity contribution is 0.407. The Balaban J connectivity index is 2.78. The number of hydrogen-bond donors (Lipinski definition) is 1. The van der Waals surface area contributed by atoms with Crippen molar-refractivity contribution in [1.82, 2.24) is 5.32 Å². The lowest BCUT2D eigenvalue weighted by Gasteiger charge is -2.21. The van der Waals surface area contributed by atoms with Crippen LogP contribution in [-0.4, -0.2) is 7.05 Å². The maximum Gasteiger partial charge on any atom is 0.0424 e. The molecule has 0 aliphatic carbocycles. The number of rotatable bonds is 6. The first-order valence-electron chi connectivity index (χ1n) is 6.20.